The lowest BCUT2D eigenvalue weighted by molar-refractivity contribution is -0.117. The average molecular weight is 489 g/mol. The van der Waals surface area contributed by atoms with Gasteiger partial charge in [-0.25, -0.2) is 0 Å². The first-order valence-electron chi connectivity index (χ1n) is 11.6. The number of hydrogen-bond acceptors (Lipinski definition) is 5. The van der Waals surface area contributed by atoms with Crippen LogP contribution in [0.1, 0.15) is 88.5 Å². The van der Waals surface area contributed by atoms with Gasteiger partial charge < -0.3 is 4.79 Å². The predicted molar refractivity (Wildman–Crippen MR) is 150 cm³/mol. The van der Waals surface area contributed by atoms with Gasteiger partial charge in [-0.3, -0.25) is 19.2 Å². The summed E-state index contributed by atoms with van der Waals surface area (Å²) in [7, 11) is 0. The molecule has 0 aromatic heterocycles. The third-order valence-electron chi connectivity index (χ3n) is 2.98. The number of ketones is 5. The van der Waals surface area contributed by atoms with Gasteiger partial charge >= 0.3 is 0 Å². The van der Waals surface area contributed by atoms with E-state index in [0.29, 0.717) is 12.8 Å². The molecule has 0 aliphatic rings. The highest BCUT2D eigenvalue weighted by atomic mass is 16.1. The fraction of sp³-hybridized carbons (Fsp3) is 0.433. The second-order valence-electron chi connectivity index (χ2n) is 7.00. The van der Waals surface area contributed by atoms with E-state index in [-0.39, 0.29) is 28.9 Å². The Morgan fingerprint density at radius 3 is 1.11 bits per heavy atom. The topological polar surface area (TPSA) is 85.3 Å². The first-order valence-corrected chi connectivity index (χ1v) is 11.6. The van der Waals surface area contributed by atoms with Gasteiger partial charge in [0.2, 0.25) is 0 Å². The largest absolute Gasteiger partial charge is 0.300 e. The Balaban J connectivity index is -0.000000108. The summed E-state index contributed by atoms with van der Waals surface area (Å²) in [5.74, 6) is 0.791. The molecule has 0 aliphatic heterocycles. The highest BCUT2D eigenvalue weighted by molar-refractivity contribution is 5.87. The molecule has 0 unspecified atom stereocenters. The summed E-state index contributed by atoms with van der Waals surface area (Å²) in [5.41, 5.74) is 0. The summed E-state index contributed by atoms with van der Waals surface area (Å²) in [4.78, 5) is 50.5. The Labute approximate surface area is 214 Å². The number of rotatable bonds is 9. The lowest BCUT2D eigenvalue weighted by Gasteiger charge is -1.84. The van der Waals surface area contributed by atoms with Crippen molar-refractivity contribution in [1.82, 2.24) is 0 Å². The molecule has 0 aromatic rings. The molecule has 198 valence electrons. The van der Waals surface area contributed by atoms with E-state index in [1.807, 2.05) is 71.1 Å². The molecule has 0 spiro atoms. The van der Waals surface area contributed by atoms with E-state index in [0.717, 1.165) is 6.42 Å². The molecule has 0 rings (SSSR count). The number of allylic oxidation sites excluding steroid dienone is 12. The molecule has 0 radical (unpaired) electrons. The van der Waals surface area contributed by atoms with Gasteiger partial charge in [0.15, 0.2) is 17.3 Å². The fourth-order valence-electron chi connectivity index (χ4n) is 1.51. The predicted octanol–water partition coefficient (Wildman–Crippen LogP) is 7.48. The van der Waals surface area contributed by atoms with Gasteiger partial charge in [-0.2, -0.15) is 0 Å². The van der Waals surface area contributed by atoms with Crippen molar-refractivity contribution in [2.24, 2.45) is 0 Å². The zero-order chi connectivity index (χ0) is 28.5. The molecule has 0 fully saturated rings. The number of hydrogen-bond donors (Lipinski definition) is 0. The number of carbonyl (C=O) groups is 5. The van der Waals surface area contributed by atoms with Crippen LogP contribution in [0.2, 0.25) is 0 Å². The third-order valence-corrected chi connectivity index (χ3v) is 2.98. The minimum Gasteiger partial charge on any atom is -0.300 e. The summed E-state index contributed by atoms with van der Waals surface area (Å²) < 4.78 is 0. The zero-order valence-corrected chi connectivity index (χ0v) is 23.6. The van der Waals surface area contributed by atoms with E-state index in [4.69, 9.17) is 0 Å². The Kier molecular flexibility index (Phi) is 45.7. The molecule has 0 atom stereocenters. The lowest BCUT2D eigenvalue weighted by Crippen LogP contribution is -1.85. The van der Waals surface area contributed by atoms with Crippen LogP contribution in [-0.4, -0.2) is 28.9 Å². The maximum absolute atomic E-state index is 10.3. The molecule has 5 heteroatoms. The van der Waals surface area contributed by atoms with Crippen LogP contribution in [0, 0.1) is 0 Å². The summed E-state index contributed by atoms with van der Waals surface area (Å²) >= 11 is 0. The van der Waals surface area contributed by atoms with Crippen LogP contribution in [0.15, 0.2) is 72.9 Å². The smallest absolute Gasteiger partial charge is 0.152 e. The number of carbonyl (C=O) groups excluding carboxylic acids is 5. The van der Waals surface area contributed by atoms with E-state index in [9.17, 15) is 24.0 Å². The zero-order valence-electron chi connectivity index (χ0n) is 23.6. The van der Waals surface area contributed by atoms with Crippen molar-refractivity contribution in [2.75, 3.05) is 0 Å². The third kappa shape index (κ3) is 90.5. The van der Waals surface area contributed by atoms with E-state index < -0.39 is 0 Å². The van der Waals surface area contributed by atoms with Crippen molar-refractivity contribution in [3.8, 4) is 0 Å². The Hall–Kier alpha value is -3.21. The highest BCUT2D eigenvalue weighted by Gasteiger charge is 1.86. The normalized spacial score (nSPS) is 10.2. The van der Waals surface area contributed by atoms with Gasteiger partial charge in [-0.05, 0) is 93.9 Å². The van der Waals surface area contributed by atoms with Gasteiger partial charge in [-0.1, -0.05) is 54.7 Å². The van der Waals surface area contributed by atoms with E-state index in [1.54, 1.807) is 32.1 Å². The van der Waals surface area contributed by atoms with Crippen molar-refractivity contribution in [1.29, 1.82) is 0 Å². The van der Waals surface area contributed by atoms with Gasteiger partial charge in [0.25, 0.3) is 0 Å². The van der Waals surface area contributed by atoms with E-state index in [1.165, 1.54) is 39.0 Å². The second-order valence-corrected chi connectivity index (χ2v) is 7.00. The standard InChI is InChI=1S/C7H12O.C7H10O.C6H10O.2C5H8O/c2*1-3-4-5-6-7(2)8;1-3-4-5-6(2)7;2*1-3-4-5(2)6/h3-4H,5-6H2,1-2H3;3-6H,1-2H3;3-4H,5H2,1-2H3;2*3-4H,1-2H3/b4-3-;4-3-,6-5-;3*4-3-. The Bertz CT molecular complexity index is 708. The molecule has 0 bridgehead atoms. The molecule has 0 aromatic carbocycles. The second kappa shape index (κ2) is 38.1. The van der Waals surface area contributed by atoms with Crippen LogP contribution in [0.4, 0.5) is 0 Å². The quantitative estimate of drug-likeness (QED) is 0.191. The van der Waals surface area contributed by atoms with Crippen molar-refractivity contribution in [3.63, 3.8) is 0 Å². The molecule has 0 saturated heterocycles. The molecule has 0 saturated carbocycles. The number of Topliss-reactive ketones (excluding diaryl/α,β-unsaturated/α-hetero) is 2. The summed E-state index contributed by atoms with van der Waals surface area (Å²) in [6, 6.07) is 0. The molecule has 0 heterocycles. The first kappa shape index (κ1) is 42.0. The lowest BCUT2D eigenvalue weighted by atomic mass is 10.2. The van der Waals surface area contributed by atoms with Crippen molar-refractivity contribution < 1.29 is 24.0 Å². The van der Waals surface area contributed by atoms with Crippen LogP contribution in [-0.2, 0) is 24.0 Å². The van der Waals surface area contributed by atoms with E-state index >= 15 is 0 Å². The molecule has 0 amide bonds. The van der Waals surface area contributed by atoms with Gasteiger partial charge in [0.1, 0.15) is 11.6 Å². The van der Waals surface area contributed by atoms with Crippen molar-refractivity contribution in [3.05, 3.63) is 72.9 Å². The first-order chi connectivity index (χ1) is 16.4. The SMILES string of the molecule is C/C=C\C(C)=O.C/C=C\C(C)=O.C/C=C\C=C/C(C)=O.C/C=C\CC(C)=O.C/C=C\CCC(C)=O. The van der Waals surface area contributed by atoms with Gasteiger partial charge in [0.05, 0.1) is 0 Å². The van der Waals surface area contributed by atoms with Crippen LogP contribution in [0.5, 0.6) is 0 Å². The fourth-order valence-corrected chi connectivity index (χ4v) is 1.51. The minimum atomic E-state index is 0.0862. The molecular formula is C30H48O5. The highest BCUT2D eigenvalue weighted by Crippen LogP contribution is 1.90. The van der Waals surface area contributed by atoms with Gasteiger partial charge in [-0.15, -0.1) is 0 Å². The molecule has 0 N–H and O–H groups in total. The molecular weight excluding hydrogens is 440 g/mol. The summed E-state index contributed by atoms with van der Waals surface area (Å²) in [6.07, 6.45) is 23.3. The molecule has 0 aliphatic carbocycles. The molecule has 35 heavy (non-hydrogen) atoms. The van der Waals surface area contributed by atoms with Crippen LogP contribution >= 0.6 is 0 Å². The van der Waals surface area contributed by atoms with Crippen LogP contribution < -0.4 is 0 Å². The van der Waals surface area contributed by atoms with Crippen LogP contribution in [0.3, 0.4) is 0 Å². The Morgan fingerprint density at radius 2 is 0.914 bits per heavy atom. The summed E-state index contributed by atoms with van der Waals surface area (Å²) in [5, 5.41) is 0. The maximum atomic E-state index is 10.3. The van der Waals surface area contributed by atoms with Crippen molar-refractivity contribution >= 4 is 28.9 Å². The van der Waals surface area contributed by atoms with E-state index in [2.05, 4.69) is 0 Å². The summed E-state index contributed by atoms with van der Waals surface area (Å²) in [6.45, 7) is 17.2. The Morgan fingerprint density at radius 1 is 0.486 bits per heavy atom. The average Bonchev–Trinajstić information content (AvgIpc) is 2.74. The maximum Gasteiger partial charge on any atom is 0.152 e. The monoisotopic (exact) mass is 488 g/mol. The molecule has 5 nitrogen and oxygen atoms in total. The van der Waals surface area contributed by atoms with Gasteiger partial charge in [0, 0.05) is 12.8 Å². The van der Waals surface area contributed by atoms with Crippen LogP contribution in [0.25, 0.3) is 0 Å². The minimum absolute atomic E-state index is 0.0862. The van der Waals surface area contributed by atoms with Crippen molar-refractivity contribution in [2.45, 2.75) is 88.5 Å².